The number of aromatic nitrogens is 2. The largest absolute Gasteiger partial charge is 0.438 e. The molecular weight excluding hydrogens is 359 g/mol. The SMILES string of the molecule is COCc1nc(NN)cc(Oc2ccccc2I)n1. The van der Waals surface area contributed by atoms with Crippen LogP contribution in [0.15, 0.2) is 30.3 Å². The number of nitrogens with two attached hydrogens (primary N) is 1. The molecular formula is C12H13IN4O2. The lowest BCUT2D eigenvalue weighted by Crippen LogP contribution is -2.11. The van der Waals surface area contributed by atoms with Crippen molar-refractivity contribution in [3.8, 4) is 11.6 Å². The summed E-state index contributed by atoms with van der Waals surface area (Å²) in [5.74, 6) is 7.49. The Labute approximate surface area is 124 Å². The monoisotopic (exact) mass is 372 g/mol. The second kappa shape index (κ2) is 6.64. The predicted octanol–water partition coefficient (Wildman–Crippen LogP) is 2.31. The van der Waals surface area contributed by atoms with Gasteiger partial charge in [0.1, 0.15) is 18.2 Å². The summed E-state index contributed by atoms with van der Waals surface area (Å²) in [7, 11) is 1.58. The molecule has 6 nitrogen and oxygen atoms in total. The first-order valence-electron chi connectivity index (χ1n) is 5.49. The summed E-state index contributed by atoms with van der Waals surface area (Å²) in [5, 5.41) is 0. The number of hydrogen-bond acceptors (Lipinski definition) is 6. The lowest BCUT2D eigenvalue weighted by atomic mass is 10.3. The molecule has 0 saturated carbocycles. The van der Waals surface area contributed by atoms with Crippen LogP contribution in [-0.2, 0) is 11.3 Å². The van der Waals surface area contributed by atoms with Crippen LogP contribution >= 0.6 is 22.6 Å². The molecule has 1 aromatic carbocycles. The van der Waals surface area contributed by atoms with Crippen molar-refractivity contribution in [2.45, 2.75) is 6.61 Å². The van der Waals surface area contributed by atoms with E-state index in [1.165, 1.54) is 0 Å². The van der Waals surface area contributed by atoms with Crippen molar-refractivity contribution in [3.63, 3.8) is 0 Å². The number of para-hydroxylation sites is 1. The first-order chi connectivity index (χ1) is 9.22. The summed E-state index contributed by atoms with van der Waals surface area (Å²) in [6.45, 7) is 0.289. The highest BCUT2D eigenvalue weighted by atomic mass is 127. The third-order valence-electron chi connectivity index (χ3n) is 2.22. The summed E-state index contributed by atoms with van der Waals surface area (Å²) in [6.07, 6.45) is 0. The quantitative estimate of drug-likeness (QED) is 0.476. The van der Waals surface area contributed by atoms with Crippen LogP contribution in [0.5, 0.6) is 11.6 Å². The summed E-state index contributed by atoms with van der Waals surface area (Å²) in [5.41, 5.74) is 2.48. The Kier molecular flexibility index (Phi) is 4.88. The Balaban J connectivity index is 2.29. The van der Waals surface area contributed by atoms with Crippen molar-refractivity contribution in [1.82, 2.24) is 9.97 Å². The molecule has 100 valence electrons. The van der Waals surface area contributed by atoms with Crippen LogP contribution in [0, 0.1) is 3.57 Å². The third kappa shape index (κ3) is 3.75. The number of ether oxygens (including phenoxy) is 2. The molecule has 0 amide bonds. The molecule has 0 saturated heterocycles. The van der Waals surface area contributed by atoms with Crippen LogP contribution in [0.4, 0.5) is 5.82 Å². The summed E-state index contributed by atoms with van der Waals surface area (Å²) >= 11 is 2.20. The van der Waals surface area contributed by atoms with Gasteiger partial charge in [0.25, 0.3) is 0 Å². The van der Waals surface area contributed by atoms with Crippen molar-refractivity contribution >= 4 is 28.4 Å². The zero-order valence-corrected chi connectivity index (χ0v) is 12.4. The van der Waals surface area contributed by atoms with Crippen LogP contribution in [0.3, 0.4) is 0 Å². The standard InChI is InChI=1S/C12H13IN4O2/c1-18-7-11-15-10(17-14)6-12(16-11)19-9-5-3-2-4-8(9)13/h2-6H,7,14H2,1H3,(H,15,16,17). The summed E-state index contributed by atoms with van der Waals surface area (Å²) in [6, 6.07) is 9.29. The molecule has 2 rings (SSSR count). The van der Waals surface area contributed by atoms with E-state index in [0.717, 1.165) is 9.32 Å². The molecule has 0 aliphatic carbocycles. The van der Waals surface area contributed by atoms with Gasteiger partial charge in [0.05, 0.1) is 3.57 Å². The fraction of sp³-hybridized carbons (Fsp3) is 0.167. The topological polar surface area (TPSA) is 82.3 Å². The van der Waals surface area contributed by atoms with Crippen molar-refractivity contribution in [3.05, 3.63) is 39.7 Å². The minimum atomic E-state index is 0.289. The van der Waals surface area contributed by atoms with Gasteiger partial charge in [-0.25, -0.2) is 10.8 Å². The van der Waals surface area contributed by atoms with Gasteiger partial charge in [-0.3, -0.25) is 0 Å². The van der Waals surface area contributed by atoms with E-state index >= 15 is 0 Å². The molecule has 0 spiro atoms. The molecule has 3 N–H and O–H groups in total. The minimum absolute atomic E-state index is 0.289. The van der Waals surface area contributed by atoms with E-state index in [1.54, 1.807) is 13.2 Å². The van der Waals surface area contributed by atoms with Gasteiger partial charge in [-0.05, 0) is 34.7 Å². The zero-order chi connectivity index (χ0) is 13.7. The molecule has 0 unspecified atom stereocenters. The first-order valence-corrected chi connectivity index (χ1v) is 6.56. The number of hydrogen-bond donors (Lipinski definition) is 2. The van der Waals surface area contributed by atoms with Gasteiger partial charge in [0, 0.05) is 13.2 Å². The number of rotatable bonds is 5. The highest BCUT2D eigenvalue weighted by molar-refractivity contribution is 14.1. The molecule has 7 heteroatoms. The van der Waals surface area contributed by atoms with E-state index in [4.69, 9.17) is 15.3 Å². The van der Waals surface area contributed by atoms with Crippen molar-refractivity contribution in [2.24, 2.45) is 5.84 Å². The number of nitrogen functional groups attached to an aromatic ring is 1. The fourth-order valence-electron chi connectivity index (χ4n) is 1.43. The Morgan fingerprint density at radius 2 is 2.11 bits per heavy atom. The summed E-state index contributed by atoms with van der Waals surface area (Å²) < 4.78 is 11.7. The van der Waals surface area contributed by atoms with Gasteiger partial charge in [-0.2, -0.15) is 4.98 Å². The van der Waals surface area contributed by atoms with E-state index in [-0.39, 0.29) is 6.61 Å². The molecule has 0 radical (unpaired) electrons. The predicted molar refractivity (Wildman–Crippen MR) is 79.8 cm³/mol. The van der Waals surface area contributed by atoms with Crippen molar-refractivity contribution < 1.29 is 9.47 Å². The number of hydrazine groups is 1. The van der Waals surface area contributed by atoms with Crippen LogP contribution in [0.25, 0.3) is 0 Å². The van der Waals surface area contributed by atoms with Crippen LogP contribution in [0.1, 0.15) is 5.82 Å². The zero-order valence-electron chi connectivity index (χ0n) is 10.3. The smallest absolute Gasteiger partial charge is 0.224 e. The van der Waals surface area contributed by atoms with Crippen molar-refractivity contribution in [1.29, 1.82) is 0 Å². The number of anilines is 1. The van der Waals surface area contributed by atoms with E-state index < -0.39 is 0 Å². The van der Waals surface area contributed by atoms with E-state index in [2.05, 4.69) is 38.0 Å². The third-order valence-corrected chi connectivity index (χ3v) is 3.11. The van der Waals surface area contributed by atoms with Crippen LogP contribution in [-0.4, -0.2) is 17.1 Å². The van der Waals surface area contributed by atoms with Crippen LogP contribution < -0.4 is 16.0 Å². The normalized spacial score (nSPS) is 10.3. The first kappa shape index (κ1) is 14.0. The van der Waals surface area contributed by atoms with E-state index in [9.17, 15) is 0 Å². The second-order valence-electron chi connectivity index (χ2n) is 3.62. The van der Waals surface area contributed by atoms with Gasteiger partial charge in [-0.1, -0.05) is 12.1 Å². The summed E-state index contributed by atoms with van der Waals surface area (Å²) in [4.78, 5) is 8.40. The Bertz CT molecular complexity index is 565. The minimum Gasteiger partial charge on any atom is -0.438 e. The molecule has 2 aromatic rings. The highest BCUT2D eigenvalue weighted by Gasteiger charge is 2.07. The lowest BCUT2D eigenvalue weighted by Gasteiger charge is -2.09. The van der Waals surface area contributed by atoms with Gasteiger partial charge in [0.15, 0.2) is 5.82 Å². The van der Waals surface area contributed by atoms with Gasteiger partial charge >= 0.3 is 0 Å². The highest BCUT2D eigenvalue weighted by Crippen LogP contribution is 2.26. The Hall–Kier alpha value is -1.45. The lowest BCUT2D eigenvalue weighted by molar-refractivity contribution is 0.177. The van der Waals surface area contributed by atoms with Crippen LogP contribution in [0.2, 0.25) is 0 Å². The van der Waals surface area contributed by atoms with Gasteiger partial charge < -0.3 is 14.9 Å². The van der Waals surface area contributed by atoms with E-state index in [0.29, 0.717) is 17.5 Å². The second-order valence-corrected chi connectivity index (χ2v) is 4.78. The maximum Gasteiger partial charge on any atom is 0.224 e. The molecule has 1 aromatic heterocycles. The number of methoxy groups -OCH3 is 1. The Morgan fingerprint density at radius 1 is 1.32 bits per heavy atom. The average molecular weight is 372 g/mol. The molecule has 0 fully saturated rings. The van der Waals surface area contributed by atoms with Crippen molar-refractivity contribution in [2.75, 3.05) is 12.5 Å². The molecule has 19 heavy (non-hydrogen) atoms. The fourth-order valence-corrected chi connectivity index (χ4v) is 1.93. The number of nitrogens with one attached hydrogen (secondary N) is 1. The Morgan fingerprint density at radius 3 is 2.79 bits per heavy atom. The molecule has 1 heterocycles. The van der Waals surface area contributed by atoms with Gasteiger partial charge in [-0.15, -0.1) is 0 Å². The average Bonchev–Trinajstić information content (AvgIpc) is 2.41. The molecule has 0 aliphatic rings. The molecule has 0 aliphatic heterocycles. The maximum atomic E-state index is 5.73. The number of halogens is 1. The number of benzene rings is 1. The van der Waals surface area contributed by atoms with E-state index in [1.807, 2.05) is 24.3 Å². The molecule has 0 atom stereocenters. The number of nitrogens with zero attached hydrogens (tertiary/aromatic N) is 2. The maximum absolute atomic E-state index is 5.73. The van der Waals surface area contributed by atoms with Gasteiger partial charge in [0.2, 0.25) is 5.88 Å². The molecule has 0 bridgehead atoms.